The molecule has 2 saturated heterocycles. The van der Waals surface area contributed by atoms with E-state index < -0.39 is 0 Å². The maximum Gasteiger partial charge on any atom is 0.253 e. The Morgan fingerprint density at radius 2 is 2.04 bits per heavy atom. The van der Waals surface area contributed by atoms with Gasteiger partial charge in [0.2, 0.25) is 5.95 Å². The topological polar surface area (TPSA) is 85.4 Å². The highest BCUT2D eigenvalue weighted by Crippen LogP contribution is 2.26. The number of rotatable bonds is 2. The van der Waals surface area contributed by atoms with Crippen molar-refractivity contribution >= 4 is 22.9 Å². The summed E-state index contributed by atoms with van der Waals surface area (Å²) in [5.41, 5.74) is 2.40. The second-order valence-electron chi connectivity index (χ2n) is 7.26. The Balaban J connectivity index is 1.58. The van der Waals surface area contributed by atoms with Gasteiger partial charge in [-0.2, -0.15) is 5.26 Å². The number of aromatic nitrogens is 2. The molecule has 2 aromatic rings. The minimum absolute atomic E-state index is 0.00656. The lowest BCUT2D eigenvalue weighted by molar-refractivity contribution is 0.0707. The molecule has 0 spiro atoms. The van der Waals surface area contributed by atoms with Crippen LogP contribution in [0.15, 0.2) is 18.2 Å². The number of aliphatic hydroxyl groups excluding tert-OH is 1. The van der Waals surface area contributed by atoms with Crippen LogP contribution in [0.4, 0.5) is 5.95 Å². The molecule has 1 aromatic carbocycles. The lowest BCUT2D eigenvalue weighted by Gasteiger charge is -2.29. The number of aryl methyl sites for hydroxylation is 1. The molecule has 0 radical (unpaired) electrons. The highest BCUT2D eigenvalue weighted by Gasteiger charge is 2.26. The Labute approximate surface area is 152 Å². The Morgan fingerprint density at radius 1 is 1.27 bits per heavy atom. The number of nitriles is 1. The van der Waals surface area contributed by atoms with E-state index in [2.05, 4.69) is 11.0 Å². The maximum atomic E-state index is 12.8. The first-order chi connectivity index (χ1) is 12.6. The standard InChI is InChI=1S/C19H23N5O2/c1-22-17-3-2-14(18(26)23-7-4-13(11-20)5-8-23)10-16(17)21-19(22)24-9-6-15(25)12-24/h2-3,10,13,15,25H,4-9,12H2,1H3. The summed E-state index contributed by atoms with van der Waals surface area (Å²) in [5.74, 6) is 0.902. The molecule has 1 atom stereocenters. The maximum absolute atomic E-state index is 12.8. The smallest absolute Gasteiger partial charge is 0.253 e. The number of aliphatic hydroxyl groups is 1. The molecule has 136 valence electrons. The summed E-state index contributed by atoms with van der Waals surface area (Å²) >= 11 is 0. The molecule has 2 aliphatic heterocycles. The number of likely N-dealkylation sites (tertiary alicyclic amines) is 1. The molecule has 1 unspecified atom stereocenters. The van der Waals surface area contributed by atoms with E-state index in [0.717, 1.165) is 42.8 Å². The summed E-state index contributed by atoms with van der Waals surface area (Å²) in [7, 11) is 1.96. The monoisotopic (exact) mass is 353 g/mol. The van der Waals surface area contributed by atoms with Gasteiger partial charge in [-0.3, -0.25) is 4.79 Å². The van der Waals surface area contributed by atoms with Gasteiger partial charge < -0.3 is 19.5 Å². The fourth-order valence-corrected chi connectivity index (χ4v) is 3.92. The Hall–Kier alpha value is -2.59. The summed E-state index contributed by atoms with van der Waals surface area (Å²) in [5, 5.41) is 18.8. The molecule has 0 aliphatic carbocycles. The number of amides is 1. The highest BCUT2D eigenvalue weighted by molar-refractivity contribution is 5.97. The van der Waals surface area contributed by atoms with Gasteiger partial charge in [0.05, 0.1) is 23.2 Å². The van der Waals surface area contributed by atoms with E-state index in [4.69, 9.17) is 10.2 Å². The zero-order chi connectivity index (χ0) is 18.3. The third-order valence-corrected chi connectivity index (χ3v) is 5.52. The van der Waals surface area contributed by atoms with Crippen LogP contribution < -0.4 is 4.90 Å². The summed E-state index contributed by atoms with van der Waals surface area (Å²) in [6.45, 7) is 2.65. The number of imidazole rings is 1. The number of piperidine rings is 1. The number of carbonyl (C=O) groups excluding carboxylic acids is 1. The van der Waals surface area contributed by atoms with Crippen LogP contribution in [0.5, 0.6) is 0 Å². The van der Waals surface area contributed by atoms with E-state index in [1.54, 1.807) is 0 Å². The SMILES string of the molecule is Cn1c(N2CCC(O)C2)nc2cc(C(=O)N3CCC(C#N)CC3)ccc21. The van der Waals surface area contributed by atoms with Crippen molar-refractivity contribution in [2.24, 2.45) is 13.0 Å². The van der Waals surface area contributed by atoms with Crippen LogP contribution >= 0.6 is 0 Å². The quantitative estimate of drug-likeness (QED) is 0.885. The number of carbonyl (C=O) groups is 1. The molecular weight excluding hydrogens is 330 g/mol. The summed E-state index contributed by atoms with van der Waals surface area (Å²) < 4.78 is 2.01. The van der Waals surface area contributed by atoms with Crippen molar-refractivity contribution < 1.29 is 9.90 Å². The van der Waals surface area contributed by atoms with E-state index in [9.17, 15) is 9.90 Å². The summed E-state index contributed by atoms with van der Waals surface area (Å²) in [6.07, 6.45) is 1.94. The Bertz CT molecular complexity index is 876. The normalized spacial score (nSPS) is 21.3. The summed E-state index contributed by atoms with van der Waals surface area (Å²) in [6, 6.07) is 7.93. The predicted molar refractivity (Wildman–Crippen MR) is 97.8 cm³/mol. The lowest BCUT2D eigenvalue weighted by atomic mass is 9.98. The van der Waals surface area contributed by atoms with Crippen LogP contribution in [-0.4, -0.2) is 57.7 Å². The van der Waals surface area contributed by atoms with E-state index in [1.807, 2.05) is 34.7 Å². The largest absolute Gasteiger partial charge is 0.391 e. The number of hydrogen-bond donors (Lipinski definition) is 1. The van der Waals surface area contributed by atoms with Crippen molar-refractivity contribution in [1.82, 2.24) is 14.5 Å². The van der Waals surface area contributed by atoms with Gasteiger partial charge in [-0.25, -0.2) is 4.98 Å². The number of benzene rings is 1. The molecular formula is C19H23N5O2. The van der Waals surface area contributed by atoms with Gasteiger partial charge in [-0.1, -0.05) is 0 Å². The van der Waals surface area contributed by atoms with Crippen LogP contribution in [0.25, 0.3) is 11.0 Å². The molecule has 0 saturated carbocycles. The van der Waals surface area contributed by atoms with E-state index in [0.29, 0.717) is 25.2 Å². The number of fused-ring (bicyclic) bond motifs is 1. The zero-order valence-corrected chi connectivity index (χ0v) is 14.9. The van der Waals surface area contributed by atoms with Gasteiger partial charge in [-0.15, -0.1) is 0 Å². The average Bonchev–Trinajstić information content (AvgIpc) is 3.24. The number of β-amino-alcohol motifs (C(OH)–C–C–N with tert-alkyl or cyclic N) is 1. The zero-order valence-electron chi connectivity index (χ0n) is 14.9. The second kappa shape index (κ2) is 6.61. The Morgan fingerprint density at radius 3 is 2.69 bits per heavy atom. The van der Waals surface area contributed by atoms with Crippen LogP contribution in [0.3, 0.4) is 0 Å². The molecule has 1 N–H and O–H groups in total. The molecule has 1 amide bonds. The number of hydrogen-bond acceptors (Lipinski definition) is 5. The first kappa shape index (κ1) is 16.9. The second-order valence-corrected chi connectivity index (χ2v) is 7.26. The van der Waals surface area contributed by atoms with Gasteiger partial charge in [-0.05, 0) is 37.5 Å². The van der Waals surface area contributed by atoms with Crippen LogP contribution in [0, 0.1) is 17.2 Å². The van der Waals surface area contributed by atoms with Crippen molar-refractivity contribution in [3.8, 4) is 6.07 Å². The molecule has 7 nitrogen and oxygen atoms in total. The van der Waals surface area contributed by atoms with Gasteiger partial charge in [0.15, 0.2) is 0 Å². The van der Waals surface area contributed by atoms with E-state index in [-0.39, 0.29) is 17.9 Å². The van der Waals surface area contributed by atoms with E-state index >= 15 is 0 Å². The fourth-order valence-electron chi connectivity index (χ4n) is 3.92. The average molecular weight is 353 g/mol. The summed E-state index contributed by atoms with van der Waals surface area (Å²) in [4.78, 5) is 21.4. The molecule has 3 heterocycles. The van der Waals surface area contributed by atoms with Crippen molar-refractivity contribution in [3.05, 3.63) is 23.8 Å². The van der Waals surface area contributed by atoms with Crippen molar-refractivity contribution in [1.29, 1.82) is 5.26 Å². The fraction of sp³-hybridized carbons (Fsp3) is 0.526. The Kier molecular flexibility index (Phi) is 4.29. The molecule has 0 bridgehead atoms. The van der Waals surface area contributed by atoms with Gasteiger partial charge in [0, 0.05) is 44.7 Å². The van der Waals surface area contributed by atoms with Crippen molar-refractivity contribution in [2.75, 3.05) is 31.1 Å². The number of nitrogens with zero attached hydrogens (tertiary/aromatic N) is 5. The number of anilines is 1. The van der Waals surface area contributed by atoms with E-state index in [1.165, 1.54) is 0 Å². The molecule has 26 heavy (non-hydrogen) atoms. The first-order valence-corrected chi connectivity index (χ1v) is 9.15. The van der Waals surface area contributed by atoms with Gasteiger partial charge in [0.1, 0.15) is 0 Å². The van der Waals surface area contributed by atoms with Crippen LogP contribution in [0.1, 0.15) is 29.6 Å². The first-order valence-electron chi connectivity index (χ1n) is 9.15. The van der Waals surface area contributed by atoms with Crippen LogP contribution in [0.2, 0.25) is 0 Å². The lowest BCUT2D eigenvalue weighted by Crippen LogP contribution is -2.38. The highest BCUT2D eigenvalue weighted by atomic mass is 16.3. The molecule has 1 aromatic heterocycles. The molecule has 4 rings (SSSR count). The van der Waals surface area contributed by atoms with Gasteiger partial charge in [0.25, 0.3) is 5.91 Å². The van der Waals surface area contributed by atoms with Crippen molar-refractivity contribution in [3.63, 3.8) is 0 Å². The minimum atomic E-state index is -0.303. The molecule has 7 heteroatoms. The third-order valence-electron chi connectivity index (χ3n) is 5.52. The third kappa shape index (κ3) is 2.90. The molecule has 2 fully saturated rings. The molecule has 2 aliphatic rings. The van der Waals surface area contributed by atoms with Crippen LogP contribution in [-0.2, 0) is 7.05 Å². The van der Waals surface area contributed by atoms with Crippen molar-refractivity contribution in [2.45, 2.75) is 25.4 Å². The van der Waals surface area contributed by atoms with Gasteiger partial charge >= 0.3 is 0 Å². The predicted octanol–water partition coefficient (Wildman–Crippen LogP) is 1.52. The minimum Gasteiger partial charge on any atom is -0.391 e.